The highest BCUT2D eigenvalue weighted by atomic mass is 32.2. The Bertz CT molecular complexity index is 1390. The first-order chi connectivity index (χ1) is 17.6. The summed E-state index contributed by atoms with van der Waals surface area (Å²) >= 11 is 0. The first-order valence-corrected chi connectivity index (χ1v) is 13.3. The SMILES string of the molecule is CCc1cc(CC(=O)N(CN)c2ccccc2)c(-c2ccc(O)c(NS(C)(=O)=O)c2O)c(OC)c1OC. The molecule has 0 heterocycles. The molecule has 0 aliphatic carbocycles. The number of carbonyl (C=O) groups is 1. The number of rotatable bonds is 10. The van der Waals surface area contributed by atoms with Crippen molar-refractivity contribution >= 4 is 27.3 Å². The second kappa shape index (κ2) is 11.4. The Morgan fingerprint density at radius 2 is 1.68 bits per heavy atom. The van der Waals surface area contributed by atoms with Crippen LogP contribution in [0.1, 0.15) is 18.1 Å². The molecule has 0 atom stereocenters. The molecular weight excluding hydrogens is 498 g/mol. The smallest absolute Gasteiger partial charge is 0.232 e. The number of benzene rings is 3. The van der Waals surface area contributed by atoms with Gasteiger partial charge in [-0.05, 0) is 41.8 Å². The second-order valence-electron chi connectivity index (χ2n) is 8.24. The van der Waals surface area contributed by atoms with Crippen LogP contribution >= 0.6 is 0 Å². The van der Waals surface area contributed by atoms with Gasteiger partial charge in [0.15, 0.2) is 17.2 Å². The molecule has 3 aromatic rings. The lowest BCUT2D eigenvalue weighted by atomic mass is 9.91. The summed E-state index contributed by atoms with van der Waals surface area (Å²) in [6.45, 7) is 1.86. The van der Waals surface area contributed by atoms with Crippen LogP contribution < -0.4 is 24.8 Å². The van der Waals surface area contributed by atoms with Crippen molar-refractivity contribution < 1.29 is 32.9 Å². The Hall–Kier alpha value is -3.96. The van der Waals surface area contributed by atoms with E-state index >= 15 is 0 Å². The zero-order valence-corrected chi connectivity index (χ0v) is 21.9. The number of carbonyl (C=O) groups excluding carboxylic acids is 1. The van der Waals surface area contributed by atoms with Gasteiger partial charge in [-0.2, -0.15) is 0 Å². The van der Waals surface area contributed by atoms with E-state index in [2.05, 4.69) is 4.72 Å². The molecule has 3 rings (SSSR count). The molecule has 10 nitrogen and oxygen atoms in total. The molecule has 0 spiro atoms. The van der Waals surface area contributed by atoms with Crippen LogP contribution in [0.4, 0.5) is 11.4 Å². The van der Waals surface area contributed by atoms with Gasteiger partial charge in [-0.1, -0.05) is 31.2 Å². The van der Waals surface area contributed by atoms with Gasteiger partial charge in [0.1, 0.15) is 11.4 Å². The predicted molar refractivity (Wildman–Crippen MR) is 143 cm³/mol. The van der Waals surface area contributed by atoms with E-state index in [1.54, 1.807) is 30.3 Å². The highest BCUT2D eigenvalue weighted by Gasteiger charge is 2.27. The van der Waals surface area contributed by atoms with Crippen LogP contribution in [0.2, 0.25) is 0 Å². The lowest BCUT2D eigenvalue weighted by Crippen LogP contribution is -2.37. The number of methoxy groups -OCH3 is 2. The summed E-state index contributed by atoms with van der Waals surface area (Å²) in [5.74, 6) is -0.673. The quantitative estimate of drug-likeness (QED) is 0.231. The van der Waals surface area contributed by atoms with E-state index in [-0.39, 0.29) is 30.3 Å². The number of aromatic hydroxyl groups is 2. The number of anilines is 2. The number of phenols is 2. The number of nitrogens with zero attached hydrogens (tertiary/aromatic N) is 1. The zero-order chi connectivity index (χ0) is 27.3. The van der Waals surface area contributed by atoms with E-state index in [0.29, 0.717) is 29.0 Å². The predicted octanol–water partition coefficient (Wildman–Crippen LogP) is 3.21. The van der Waals surface area contributed by atoms with E-state index in [0.717, 1.165) is 11.8 Å². The molecule has 0 aliphatic rings. The highest BCUT2D eigenvalue weighted by molar-refractivity contribution is 7.92. The molecule has 0 unspecified atom stereocenters. The topological polar surface area (TPSA) is 151 Å². The number of nitrogens with one attached hydrogen (secondary N) is 1. The molecule has 0 aromatic heterocycles. The van der Waals surface area contributed by atoms with Gasteiger partial charge < -0.3 is 25.4 Å². The Labute approximate surface area is 216 Å². The number of amides is 1. The van der Waals surface area contributed by atoms with Gasteiger partial charge in [-0.15, -0.1) is 0 Å². The fourth-order valence-electron chi connectivity index (χ4n) is 4.15. The number of phenolic OH excluding ortho intramolecular Hbond substituents is 2. The first kappa shape index (κ1) is 27.6. The van der Waals surface area contributed by atoms with Crippen LogP contribution in [-0.2, 0) is 27.7 Å². The van der Waals surface area contributed by atoms with Crippen molar-refractivity contribution in [1.29, 1.82) is 0 Å². The van der Waals surface area contributed by atoms with Crippen molar-refractivity contribution in [2.75, 3.05) is 36.8 Å². The molecule has 0 aliphatic heterocycles. The second-order valence-corrected chi connectivity index (χ2v) is 9.99. The Balaban J connectivity index is 2.27. The molecule has 0 bridgehead atoms. The molecule has 37 heavy (non-hydrogen) atoms. The summed E-state index contributed by atoms with van der Waals surface area (Å²) in [5.41, 5.74) is 7.83. The maximum Gasteiger partial charge on any atom is 0.232 e. The Morgan fingerprint density at radius 3 is 2.22 bits per heavy atom. The molecule has 0 saturated heterocycles. The lowest BCUT2D eigenvalue weighted by molar-refractivity contribution is -0.118. The number of ether oxygens (including phenoxy) is 2. The van der Waals surface area contributed by atoms with Crippen molar-refractivity contribution in [2.45, 2.75) is 19.8 Å². The van der Waals surface area contributed by atoms with Crippen molar-refractivity contribution in [1.82, 2.24) is 0 Å². The summed E-state index contributed by atoms with van der Waals surface area (Å²) < 4.78 is 37.2. The summed E-state index contributed by atoms with van der Waals surface area (Å²) in [7, 11) is -0.932. The molecule has 198 valence electrons. The van der Waals surface area contributed by atoms with Crippen LogP contribution in [0, 0.1) is 0 Å². The maximum atomic E-state index is 13.5. The van der Waals surface area contributed by atoms with Crippen LogP contribution in [0.15, 0.2) is 48.5 Å². The minimum atomic E-state index is -3.84. The third-order valence-corrected chi connectivity index (χ3v) is 6.36. The summed E-state index contributed by atoms with van der Waals surface area (Å²) in [4.78, 5) is 14.9. The Kier molecular flexibility index (Phi) is 8.51. The van der Waals surface area contributed by atoms with Gasteiger partial charge >= 0.3 is 0 Å². The molecule has 11 heteroatoms. The molecule has 5 N–H and O–H groups in total. The zero-order valence-electron chi connectivity index (χ0n) is 21.1. The molecule has 0 radical (unpaired) electrons. The first-order valence-electron chi connectivity index (χ1n) is 11.4. The fourth-order valence-corrected chi connectivity index (χ4v) is 4.73. The number of nitrogens with two attached hydrogens (primary N) is 1. The normalized spacial score (nSPS) is 11.2. The Morgan fingerprint density at radius 1 is 1.03 bits per heavy atom. The van der Waals surface area contributed by atoms with Crippen molar-refractivity contribution in [2.24, 2.45) is 5.73 Å². The van der Waals surface area contributed by atoms with Gasteiger partial charge in [0.05, 0.1) is 33.6 Å². The fraction of sp³-hybridized carbons (Fsp3) is 0.269. The maximum absolute atomic E-state index is 13.5. The molecule has 0 saturated carbocycles. The average molecular weight is 530 g/mol. The molecule has 3 aromatic carbocycles. The largest absolute Gasteiger partial charge is 0.506 e. The van der Waals surface area contributed by atoms with Gasteiger partial charge in [0, 0.05) is 16.8 Å². The summed E-state index contributed by atoms with van der Waals surface area (Å²) in [6, 6.07) is 13.4. The lowest BCUT2D eigenvalue weighted by Gasteiger charge is -2.24. The van der Waals surface area contributed by atoms with Crippen LogP contribution in [-0.4, -0.2) is 51.7 Å². The van der Waals surface area contributed by atoms with Gasteiger partial charge in [-0.25, -0.2) is 8.42 Å². The van der Waals surface area contributed by atoms with Crippen LogP contribution in [0.5, 0.6) is 23.0 Å². The van der Waals surface area contributed by atoms with Crippen molar-refractivity contribution in [3.63, 3.8) is 0 Å². The van der Waals surface area contributed by atoms with E-state index in [9.17, 15) is 23.4 Å². The monoisotopic (exact) mass is 529 g/mol. The van der Waals surface area contributed by atoms with Crippen molar-refractivity contribution in [3.8, 4) is 34.1 Å². The van der Waals surface area contributed by atoms with E-state index in [1.807, 2.05) is 13.0 Å². The number of hydrogen-bond donors (Lipinski definition) is 4. The number of sulfonamides is 1. The average Bonchev–Trinajstić information content (AvgIpc) is 2.86. The van der Waals surface area contributed by atoms with E-state index in [1.165, 1.54) is 31.3 Å². The third kappa shape index (κ3) is 5.89. The molecular formula is C26H31N3O7S. The minimum absolute atomic E-state index is 0.0566. The van der Waals surface area contributed by atoms with Gasteiger partial charge in [0.2, 0.25) is 15.9 Å². The summed E-state index contributed by atoms with van der Waals surface area (Å²) in [5, 5.41) is 21.4. The van der Waals surface area contributed by atoms with Gasteiger partial charge in [-0.3, -0.25) is 14.4 Å². The number of aryl methyl sites for hydroxylation is 1. The van der Waals surface area contributed by atoms with E-state index in [4.69, 9.17) is 15.2 Å². The summed E-state index contributed by atoms with van der Waals surface area (Å²) in [6.07, 6.45) is 1.33. The molecule has 1 amide bonds. The van der Waals surface area contributed by atoms with Crippen molar-refractivity contribution in [3.05, 3.63) is 59.7 Å². The number of hydrogen-bond acceptors (Lipinski definition) is 8. The van der Waals surface area contributed by atoms with Crippen LogP contribution in [0.3, 0.4) is 0 Å². The van der Waals surface area contributed by atoms with Gasteiger partial charge in [0.25, 0.3) is 0 Å². The molecule has 0 fully saturated rings. The van der Waals surface area contributed by atoms with Crippen LogP contribution in [0.25, 0.3) is 11.1 Å². The third-order valence-electron chi connectivity index (χ3n) is 5.79. The van der Waals surface area contributed by atoms with E-state index < -0.39 is 27.2 Å². The standard InChI is InChI=1S/C26H31N3O7S/c1-5-16-13-17(14-21(31)29(15-27)18-9-7-6-8-10-18)22(26(36-3)25(16)35-2)19-11-12-20(30)23(24(19)32)28-37(4,33)34/h6-13,28,30,32H,5,14-15,27H2,1-4H3. The number of para-hydroxylation sites is 1. The highest BCUT2D eigenvalue weighted by Crippen LogP contribution is 2.50. The minimum Gasteiger partial charge on any atom is -0.506 e.